The van der Waals surface area contributed by atoms with E-state index in [1.54, 1.807) is 11.3 Å². The fourth-order valence-electron chi connectivity index (χ4n) is 2.85. The summed E-state index contributed by atoms with van der Waals surface area (Å²) in [6.45, 7) is 2.79. The summed E-state index contributed by atoms with van der Waals surface area (Å²) in [5.74, 6) is 0. The van der Waals surface area contributed by atoms with E-state index in [1.807, 2.05) is 12.4 Å². The van der Waals surface area contributed by atoms with E-state index in [1.165, 1.54) is 21.7 Å². The molecule has 112 valence electrons. The van der Waals surface area contributed by atoms with Crippen LogP contribution in [0.5, 0.6) is 0 Å². The Bertz CT molecular complexity index is 834. The van der Waals surface area contributed by atoms with E-state index in [-0.39, 0.29) is 0 Å². The van der Waals surface area contributed by atoms with E-state index in [2.05, 4.69) is 42.6 Å². The zero-order chi connectivity index (χ0) is 14.9. The third kappa shape index (κ3) is 2.63. The zero-order valence-corrected chi connectivity index (χ0v) is 13.5. The van der Waals surface area contributed by atoms with Gasteiger partial charge in [0.25, 0.3) is 0 Å². The molecule has 0 radical (unpaired) electrons. The molecular weight excluding hydrogens is 314 g/mol. The van der Waals surface area contributed by atoms with Gasteiger partial charge in [-0.1, -0.05) is 6.07 Å². The number of nitrogens with one attached hydrogen (secondary N) is 2. The molecule has 7 heteroatoms. The quantitative estimate of drug-likeness (QED) is 0.725. The lowest BCUT2D eigenvalue weighted by molar-refractivity contribution is 0.243. The van der Waals surface area contributed by atoms with Gasteiger partial charge in [0.1, 0.15) is 0 Å². The second kappa shape index (κ2) is 5.75. The van der Waals surface area contributed by atoms with Crippen LogP contribution in [0, 0.1) is 4.77 Å². The van der Waals surface area contributed by atoms with Gasteiger partial charge in [-0.05, 0) is 23.7 Å². The maximum atomic E-state index is 5.09. The molecule has 0 amide bonds. The third-order valence-corrected chi connectivity index (χ3v) is 5.03. The minimum absolute atomic E-state index is 0.571. The van der Waals surface area contributed by atoms with Crippen LogP contribution in [0.25, 0.3) is 10.6 Å². The maximum absolute atomic E-state index is 5.09. The Morgan fingerprint density at radius 1 is 1.36 bits per heavy atom. The van der Waals surface area contributed by atoms with Crippen LogP contribution in [0.4, 0.5) is 0 Å². The summed E-state index contributed by atoms with van der Waals surface area (Å²) in [5, 5.41) is 9.44. The molecule has 4 heterocycles. The summed E-state index contributed by atoms with van der Waals surface area (Å²) >= 11 is 6.82. The molecule has 0 saturated carbocycles. The normalized spacial score (nSPS) is 14.9. The van der Waals surface area contributed by atoms with Crippen LogP contribution in [0.15, 0.2) is 29.9 Å². The molecule has 1 aliphatic heterocycles. The highest BCUT2D eigenvalue weighted by atomic mass is 32.1. The molecule has 5 nitrogen and oxygen atoms in total. The van der Waals surface area contributed by atoms with Crippen molar-refractivity contribution in [1.29, 1.82) is 0 Å². The van der Waals surface area contributed by atoms with Gasteiger partial charge >= 0.3 is 0 Å². The Hall–Kier alpha value is -1.83. The summed E-state index contributed by atoms with van der Waals surface area (Å²) in [7, 11) is 0. The molecule has 4 rings (SSSR count). The molecule has 3 aromatic heterocycles. The molecule has 0 spiro atoms. The first-order valence-corrected chi connectivity index (χ1v) is 8.44. The Labute approximate surface area is 137 Å². The Morgan fingerprint density at radius 2 is 2.32 bits per heavy atom. The van der Waals surface area contributed by atoms with Gasteiger partial charge in [-0.15, -0.1) is 11.3 Å². The van der Waals surface area contributed by atoms with Crippen LogP contribution in [0.1, 0.15) is 16.8 Å². The highest BCUT2D eigenvalue weighted by Gasteiger charge is 2.19. The topological polar surface area (TPSA) is 60.6 Å². The zero-order valence-electron chi connectivity index (χ0n) is 11.9. The van der Waals surface area contributed by atoms with Crippen LogP contribution in [0.2, 0.25) is 0 Å². The van der Waals surface area contributed by atoms with E-state index in [0.717, 1.165) is 31.7 Å². The largest absolute Gasteiger partial charge is 0.334 e. The van der Waals surface area contributed by atoms with Gasteiger partial charge in [0, 0.05) is 49.1 Å². The van der Waals surface area contributed by atoms with Crippen LogP contribution in [-0.2, 0) is 19.5 Å². The highest BCUT2D eigenvalue weighted by molar-refractivity contribution is 7.71. The van der Waals surface area contributed by atoms with E-state index in [9.17, 15) is 0 Å². The number of nitrogens with zero attached hydrogens (tertiary/aromatic N) is 3. The Morgan fingerprint density at radius 3 is 3.18 bits per heavy atom. The van der Waals surface area contributed by atoms with E-state index in [0.29, 0.717) is 4.77 Å². The lowest BCUT2D eigenvalue weighted by Gasteiger charge is -2.28. The van der Waals surface area contributed by atoms with Crippen LogP contribution < -0.4 is 0 Å². The first-order chi connectivity index (χ1) is 10.8. The van der Waals surface area contributed by atoms with Crippen molar-refractivity contribution >= 4 is 23.6 Å². The Kier molecular flexibility index (Phi) is 3.61. The molecule has 0 bridgehead atoms. The number of H-pyrrole nitrogens is 2. The van der Waals surface area contributed by atoms with Crippen molar-refractivity contribution in [3.05, 3.63) is 51.5 Å². The Balaban J connectivity index is 1.55. The molecule has 0 aromatic carbocycles. The average molecular weight is 329 g/mol. The van der Waals surface area contributed by atoms with Crippen molar-refractivity contribution in [2.45, 2.75) is 19.5 Å². The molecule has 0 aliphatic carbocycles. The van der Waals surface area contributed by atoms with E-state index < -0.39 is 0 Å². The summed E-state index contributed by atoms with van der Waals surface area (Å²) in [6, 6.07) is 4.19. The first kappa shape index (κ1) is 13.8. The minimum atomic E-state index is 0.571. The molecule has 0 unspecified atom stereocenters. The molecule has 1 aliphatic rings. The van der Waals surface area contributed by atoms with Crippen molar-refractivity contribution in [1.82, 2.24) is 25.1 Å². The predicted molar refractivity (Wildman–Crippen MR) is 89.1 cm³/mol. The van der Waals surface area contributed by atoms with Gasteiger partial charge in [-0.25, -0.2) is 4.98 Å². The molecule has 0 fully saturated rings. The van der Waals surface area contributed by atoms with Crippen molar-refractivity contribution in [3.8, 4) is 10.6 Å². The predicted octanol–water partition coefficient (Wildman–Crippen LogP) is 3.15. The van der Waals surface area contributed by atoms with Crippen molar-refractivity contribution in [2.75, 3.05) is 6.54 Å². The van der Waals surface area contributed by atoms with E-state index >= 15 is 0 Å². The molecule has 2 N–H and O–H groups in total. The first-order valence-electron chi connectivity index (χ1n) is 7.15. The minimum Gasteiger partial charge on any atom is -0.334 e. The number of thiophene rings is 1. The van der Waals surface area contributed by atoms with Gasteiger partial charge in [0.05, 0.1) is 16.8 Å². The summed E-state index contributed by atoms with van der Waals surface area (Å²) in [4.78, 5) is 11.1. The van der Waals surface area contributed by atoms with Crippen LogP contribution in [0.3, 0.4) is 0 Å². The fraction of sp³-hybridized carbons (Fsp3) is 0.267. The van der Waals surface area contributed by atoms with Gasteiger partial charge in [0.15, 0.2) is 4.77 Å². The van der Waals surface area contributed by atoms with Gasteiger partial charge < -0.3 is 4.98 Å². The SMILES string of the molecule is S=c1ncc2c([nH]1)CCN(Cc1cn[nH]c1-c1cccs1)C2. The summed E-state index contributed by atoms with van der Waals surface area (Å²) < 4.78 is 0.571. The molecule has 3 aromatic rings. The van der Waals surface area contributed by atoms with Gasteiger partial charge in [0.2, 0.25) is 0 Å². The molecule has 22 heavy (non-hydrogen) atoms. The second-order valence-electron chi connectivity index (χ2n) is 5.40. The smallest absolute Gasteiger partial charge is 0.196 e. The maximum Gasteiger partial charge on any atom is 0.196 e. The third-order valence-electron chi connectivity index (χ3n) is 3.93. The number of hydrogen-bond donors (Lipinski definition) is 2. The van der Waals surface area contributed by atoms with Crippen molar-refractivity contribution in [3.63, 3.8) is 0 Å². The monoisotopic (exact) mass is 329 g/mol. The molecule has 0 atom stereocenters. The average Bonchev–Trinajstić information content (AvgIpc) is 3.18. The number of aromatic amines is 2. The lowest BCUT2D eigenvalue weighted by atomic mass is 10.1. The van der Waals surface area contributed by atoms with Crippen LogP contribution >= 0.6 is 23.6 Å². The number of hydrogen-bond acceptors (Lipinski definition) is 5. The van der Waals surface area contributed by atoms with Crippen molar-refractivity contribution < 1.29 is 0 Å². The van der Waals surface area contributed by atoms with Crippen LogP contribution in [-0.4, -0.2) is 31.6 Å². The number of fused-ring (bicyclic) bond motifs is 1. The lowest BCUT2D eigenvalue weighted by Crippen LogP contribution is -2.30. The molecular formula is C15H15N5S2. The highest BCUT2D eigenvalue weighted by Crippen LogP contribution is 2.27. The molecule has 0 saturated heterocycles. The number of aromatic nitrogens is 4. The fourth-order valence-corrected chi connectivity index (χ4v) is 3.78. The number of rotatable bonds is 3. The standard InChI is InChI=1S/C15H15N5S2/c21-15-16-6-10-8-20(4-3-12(10)18-15)9-11-7-17-19-14(11)13-2-1-5-22-13/h1-2,5-7H,3-4,8-9H2,(H,17,19)(H,16,18,21). The van der Waals surface area contributed by atoms with Gasteiger partial charge in [-0.2, -0.15) is 5.10 Å². The van der Waals surface area contributed by atoms with Gasteiger partial charge in [-0.3, -0.25) is 10.00 Å². The summed E-state index contributed by atoms with van der Waals surface area (Å²) in [6.07, 6.45) is 4.81. The second-order valence-corrected chi connectivity index (χ2v) is 6.73. The summed E-state index contributed by atoms with van der Waals surface area (Å²) in [5.41, 5.74) is 4.83. The van der Waals surface area contributed by atoms with Crippen molar-refractivity contribution in [2.24, 2.45) is 0 Å². The van der Waals surface area contributed by atoms with E-state index in [4.69, 9.17) is 12.2 Å².